The van der Waals surface area contributed by atoms with Gasteiger partial charge in [-0.2, -0.15) is 17.0 Å². The van der Waals surface area contributed by atoms with E-state index in [1.54, 1.807) is 36.0 Å². The summed E-state index contributed by atoms with van der Waals surface area (Å²) in [6.07, 6.45) is 1.40. The predicted octanol–water partition coefficient (Wildman–Crippen LogP) is 3.56. The van der Waals surface area contributed by atoms with E-state index < -0.39 is 0 Å². The molecule has 0 amide bonds. The first-order chi connectivity index (χ1) is 7.74. The highest BCUT2D eigenvalue weighted by Gasteiger charge is 2.05. The number of ketones is 1. The lowest BCUT2D eigenvalue weighted by atomic mass is 10.1. The van der Waals surface area contributed by atoms with Gasteiger partial charge in [-0.3, -0.25) is 4.79 Å². The van der Waals surface area contributed by atoms with E-state index >= 15 is 0 Å². The van der Waals surface area contributed by atoms with Crippen molar-refractivity contribution in [2.45, 2.75) is 12.8 Å². The zero-order valence-corrected chi connectivity index (χ0v) is 10.4. The minimum absolute atomic E-state index is 0.110. The van der Waals surface area contributed by atoms with Crippen LogP contribution >= 0.6 is 23.4 Å². The number of nitriles is 1. The van der Waals surface area contributed by atoms with Crippen molar-refractivity contribution in [1.82, 2.24) is 0 Å². The Morgan fingerprint density at radius 1 is 1.38 bits per heavy atom. The molecule has 0 heterocycles. The van der Waals surface area contributed by atoms with Crippen LogP contribution in [0.5, 0.6) is 0 Å². The first-order valence-electron chi connectivity index (χ1n) is 4.97. The Labute approximate surface area is 105 Å². The van der Waals surface area contributed by atoms with Crippen LogP contribution in [0.2, 0.25) is 5.02 Å². The van der Waals surface area contributed by atoms with Crippen LogP contribution in [0.15, 0.2) is 24.3 Å². The molecule has 4 heteroatoms. The van der Waals surface area contributed by atoms with Crippen LogP contribution in [0.3, 0.4) is 0 Å². The van der Waals surface area contributed by atoms with Crippen LogP contribution in [0.1, 0.15) is 23.2 Å². The SMILES string of the molecule is N#CCCCSCC(=O)c1ccc(Cl)cc1. The van der Waals surface area contributed by atoms with Crippen LogP contribution in [0, 0.1) is 11.3 Å². The second kappa shape index (κ2) is 7.32. The quantitative estimate of drug-likeness (QED) is 0.575. The van der Waals surface area contributed by atoms with Gasteiger partial charge < -0.3 is 0 Å². The van der Waals surface area contributed by atoms with Gasteiger partial charge in [0.25, 0.3) is 0 Å². The van der Waals surface area contributed by atoms with Crippen LogP contribution < -0.4 is 0 Å². The molecule has 0 unspecified atom stereocenters. The molecule has 0 N–H and O–H groups in total. The zero-order valence-electron chi connectivity index (χ0n) is 8.78. The number of carbonyl (C=O) groups is 1. The maximum absolute atomic E-state index is 11.7. The predicted molar refractivity (Wildman–Crippen MR) is 68.0 cm³/mol. The third kappa shape index (κ3) is 4.69. The van der Waals surface area contributed by atoms with E-state index in [0.717, 1.165) is 12.2 Å². The molecule has 0 aliphatic carbocycles. The van der Waals surface area contributed by atoms with Crippen molar-refractivity contribution in [2.75, 3.05) is 11.5 Å². The summed E-state index contributed by atoms with van der Waals surface area (Å²) in [7, 11) is 0. The van der Waals surface area contributed by atoms with Gasteiger partial charge in [-0.15, -0.1) is 0 Å². The Morgan fingerprint density at radius 3 is 2.69 bits per heavy atom. The molecular weight excluding hydrogens is 242 g/mol. The molecule has 0 fully saturated rings. The molecule has 0 saturated heterocycles. The Bertz CT molecular complexity index is 383. The van der Waals surface area contributed by atoms with Crippen molar-refractivity contribution in [3.05, 3.63) is 34.9 Å². The molecule has 1 aromatic carbocycles. The summed E-state index contributed by atoms with van der Waals surface area (Å²) in [6.45, 7) is 0. The monoisotopic (exact) mass is 253 g/mol. The lowest BCUT2D eigenvalue weighted by Crippen LogP contribution is -2.02. The molecule has 0 saturated carbocycles. The van der Waals surface area contributed by atoms with E-state index in [1.165, 1.54) is 0 Å². The fourth-order valence-electron chi connectivity index (χ4n) is 1.14. The normalized spacial score (nSPS) is 9.75. The average Bonchev–Trinajstić information content (AvgIpc) is 2.29. The van der Waals surface area contributed by atoms with Gasteiger partial charge in [0.1, 0.15) is 0 Å². The molecule has 16 heavy (non-hydrogen) atoms. The highest BCUT2D eigenvalue weighted by molar-refractivity contribution is 7.99. The standard InChI is InChI=1S/C12H12ClNOS/c13-11-5-3-10(4-6-11)12(15)9-16-8-2-1-7-14/h3-6H,1-2,8-9H2. The van der Waals surface area contributed by atoms with Gasteiger partial charge in [0.2, 0.25) is 0 Å². The van der Waals surface area contributed by atoms with E-state index in [9.17, 15) is 4.79 Å². The topological polar surface area (TPSA) is 40.9 Å². The molecule has 0 spiro atoms. The number of unbranched alkanes of at least 4 members (excludes halogenated alkanes) is 1. The number of hydrogen-bond donors (Lipinski definition) is 0. The van der Waals surface area contributed by atoms with Crippen LogP contribution in [-0.4, -0.2) is 17.3 Å². The molecule has 0 radical (unpaired) electrons. The lowest BCUT2D eigenvalue weighted by Gasteiger charge is -2.00. The van der Waals surface area contributed by atoms with Crippen LogP contribution in [0.4, 0.5) is 0 Å². The van der Waals surface area contributed by atoms with Crippen molar-refractivity contribution in [3.8, 4) is 6.07 Å². The number of rotatable bonds is 6. The van der Waals surface area contributed by atoms with Gasteiger partial charge in [0.15, 0.2) is 5.78 Å². The van der Waals surface area contributed by atoms with Gasteiger partial charge in [-0.1, -0.05) is 11.6 Å². The minimum atomic E-state index is 0.110. The number of thioether (sulfide) groups is 1. The molecule has 1 rings (SSSR count). The molecule has 84 valence electrons. The second-order valence-electron chi connectivity index (χ2n) is 3.24. The first kappa shape index (κ1) is 13.1. The summed E-state index contributed by atoms with van der Waals surface area (Å²) in [5.41, 5.74) is 0.692. The lowest BCUT2D eigenvalue weighted by molar-refractivity contribution is 0.102. The minimum Gasteiger partial charge on any atom is -0.293 e. The molecule has 2 nitrogen and oxygen atoms in total. The van der Waals surface area contributed by atoms with E-state index in [-0.39, 0.29) is 5.78 Å². The van der Waals surface area contributed by atoms with Crippen molar-refractivity contribution in [2.24, 2.45) is 0 Å². The molecular formula is C12H12ClNOS. The van der Waals surface area contributed by atoms with Crippen LogP contribution in [0.25, 0.3) is 0 Å². The summed E-state index contributed by atoms with van der Waals surface area (Å²) in [5, 5.41) is 8.98. The number of halogens is 1. The molecule has 0 aliphatic rings. The number of Topliss-reactive ketones (excluding diaryl/α,β-unsaturated/α-hetero) is 1. The fourth-order valence-corrected chi connectivity index (χ4v) is 2.11. The van der Waals surface area contributed by atoms with E-state index in [2.05, 4.69) is 6.07 Å². The van der Waals surface area contributed by atoms with Crippen molar-refractivity contribution in [3.63, 3.8) is 0 Å². The number of benzene rings is 1. The van der Waals surface area contributed by atoms with Crippen molar-refractivity contribution in [1.29, 1.82) is 5.26 Å². The first-order valence-corrected chi connectivity index (χ1v) is 6.51. The van der Waals surface area contributed by atoms with Gasteiger partial charge in [-0.05, 0) is 36.4 Å². The van der Waals surface area contributed by atoms with Crippen molar-refractivity contribution >= 4 is 29.1 Å². The molecule has 1 aromatic rings. The maximum atomic E-state index is 11.7. The third-order valence-corrected chi connectivity index (χ3v) is 3.27. The molecule has 0 bridgehead atoms. The van der Waals surface area contributed by atoms with E-state index in [0.29, 0.717) is 22.8 Å². The summed E-state index contributed by atoms with van der Waals surface area (Å²) >= 11 is 7.30. The number of hydrogen-bond acceptors (Lipinski definition) is 3. The van der Waals surface area contributed by atoms with E-state index in [4.69, 9.17) is 16.9 Å². The van der Waals surface area contributed by atoms with Gasteiger partial charge in [-0.25, -0.2) is 0 Å². The van der Waals surface area contributed by atoms with Gasteiger partial charge >= 0.3 is 0 Å². The summed E-state index contributed by atoms with van der Waals surface area (Å²) in [4.78, 5) is 11.7. The summed E-state index contributed by atoms with van der Waals surface area (Å²) < 4.78 is 0. The highest BCUT2D eigenvalue weighted by Crippen LogP contribution is 2.13. The largest absolute Gasteiger partial charge is 0.293 e. The van der Waals surface area contributed by atoms with Crippen molar-refractivity contribution < 1.29 is 4.79 Å². The highest BCUT2D eigenvalue weighted by atomic mass is 35.5. The zero-order chi connectivity index (χ0) is 11.8. The van der Waals surface area contributed by atoms with Gasteiger partial charge in [0.05, 0.1) is 11.8 Å². The molecule has 0 aliphatic heterocycles. The Hall–Kier alpha value is -0.980. The average molecular weight is 254 g/mol. The summed E-state index contributed by atoms with van der Waals surface area (Å²) in [6, 6.07) is 8.99. The number of nitrogens with zero attached hydrogens (tertiary/aromatic N) is 1. The number of carbonyl (C=O) groups excluding carboxylic acids is 1. The van der Waals surface area contributed by atoms with Crippen LogP contribution in [-0.2, 0) is 0 Å². The smallest absolute Gasteiger partial charge is 0.172 e. The third-order valence-electron chi connectivity index (χ3n) is 1.98. The summed E-state index contributed by atoms with van der Waals surface area (Å²) in [5.74, 6) is 1.43. The molecule has 0 atom stereocenters. The van der Waals surface area contributed by atoms with Gasteiger partial charge in [0, 0.05) is 17.0 Å². The Kier molecular flexibility index (Phi) is 5.99. The van der Waals surface area contributed by atoms with E-state index in [1.807, 2.05) is 0 Å². The Balaban J connectivity index is 2.30. The Morgan fingerprint density at radius 2 is 2.06 bits per heavy atom. The second-order valence-corrected chi connectivity index (χ2v) is 4.79. The molecule has 0 aromatic heterocycles. The maximum Gasteiger partial charge on any atom is 0.172 e. The fraction of sp³-hybridized carbons (Fsp3) is 0.333.